The molecule has 2 aromatic carbocycles. The summed E-state index contributed by atoms with van der Waals surface area (Å²) >= 11 is 1.44. The first-order valence-electron chi connectivity index (χ1n) is 10.9. The molecule has 1 aliphatic heterocycles. The van der Waals surface area contributed by atoms with Crippen LogP contribution < -0.4 is 10.2 Å². The molecule has 0 spiro atoms. The summed E-state index contributed by atoms with van der Waals surface area (Å²) in [4.78, 5) is 15.6. The molecule has 1 aromatic heterocycles. The van der Waals surface area contributed by atoms with Gasteiger partial charge in [0.25, 0.3) is 0 Å². The van der Waals surface area contributed by atoms with E-state index in [0.717, 1.165) is 42.0 Å². The molecule has 168 valence electrons. The van der Waals surface area contributed by atoms with Crippen molar-refractivity contribution in [2.24, 2.45) is 5.92 Å². The number of ether oxygens (including phenoxy) is 1. The molecule has 8 heteroatoms. The zero-order valence-electron chi connectivity index (χ0n) is 18.5. The highest BCUT2D eigenvalue weighted by Crippen LogP contribution is 2.37. The summed E-state index contributed by atoms with van der Waals surface area (Å²) in [6.07, 6.45) is 0. The standard InChI is InChI=1S/C24H29N5O2S/c1-18(2)17-29-23(28-13-15-31-16-14-28)26-27-24(29)32-21(19-9-5-3-6-10-19)22(30)25-20-11-7-4-8-12-20/h3-12,18,21H,13-17H2,1-2H3,(H,25,30). The molecule has 0 aliphatic carbocycles. The largest absolute Gasteiger partial charge is 0.378 e. The third-order valence-electron chi connectivity index (χ3n) is 5.14. The fraction of sp³-hybridized carbons (Fsp3) is 0.375. The summed E-state index contributed by atoms with van der Waals surface area (Å²) in [6, 6.07) is 19.4. The van der Waals surface area contributed by atoms with E-state index in [-0.39, 0.29) is 5.91 Å². The zero-order chi connectivity index (χ0) is 22.3. The van der Waals surface area contributed by atoms with Crippen molar-refractivity contribution < 1.29 is 9.53 Å². The number of anilines is 2. The maximum Gasteiger partial charge on any atom is 0.242 e. The number of hydrogen-bond acceptors (Lipinski definition) is 6. The average Bonchev–Trinajstić information content (AvgIpc) is 3.20. The summed E-state index contributed by atoms with van der Waals surface area (Å²) in [5, 5.41) is 12.4. The average molecular weight is 452 g/mol. The highest BCUT2D eigenvalue weighted by molar-refractivity contribution is 8.00. The van der Waals surface area contributed by atoms with Crippen molar-refractivity contribution in [3.05, 3.63) is 66.2 Å². The minimum Gasteiger partial charge on any atom is -0.378 e. The number of benzene rings is 2. The van der Waals surface area contributed by atoms with E-state index in [2.05, 4.69) is 38.8 Å². The third kappa shape index (κ3) is 5.49. The molecule has 1 aliphatic rings. The van der Waals surface area contributed by atoms with Crippen molar-refractivity contribution in [1.29, 1.82) is 0 Å². The van der Waals surface area contributed by atoms with Crippen LogP contribution in [0.25, 0.3) is 0 Å². The molecule has 1 atom stereocenters. The van der Waals surface area contributed by atoms with E-state index in [1.54, 1.807) is 0 Å². The van der Waals surface area contributed by atoms with Gasteiger partial charge < -0.3 is 15.0 Å². The van der Waals surface area contributed by atoms with E-state index >= 15 is 0 Å². The van der Waals surface area contributed by atoms with Crippen LogP contribution in [-0.2, 0) is 16.1 Å². The highest BCUT2D eigenvalue weighted by Gasteiger charge is 2.28. The fourth-order valence-corrected chi connectivity index (χ4v) is 4.67. The molecule has 1 saturated heterocycles. The smallest absolute Gasteiger partial charge is 0.242 e. The molecule has 1 unspecified atom stereocenters. The Morgan fingerprint density at radius 3 is 2.34 bits per heavy atom. The Hall–Kier alpha value is -2.84. The molecule has 2 heterocycles. The maximum atomic E-state index is 13.3. The van der Waals surface area contributed by atoms with Gasteiger partial charge in [-0.25, -0.2) is 0 Å². The van der Waals surface area contributed by atoms with Crippen LogP contribution >= 0.6 is 11.8 Å². The van der Waals surface area contributed by atoms with Gasteiger partial charge in [-0.05, 0) is 23.6 Å². The van der Waals surface area contributed by atoms with Crippen LogP contribution in [0.3, 0.4) is 0 Å². The molecule has 4 rings (SSSR count). The second-order valence-electron chi connectivity index (χ2n) is 8.15. The van der Waals surface area contributed by atoms with E-state index < -0.39 is 5.25 Å². The van der Waals surface area contributed by atoms with Crippen molar-refractivity contribution in [2.75, 3.05) is 36.5 Å². The summed E-state index contributed by atoms with van der Waals surface area (Å²) in [5.74, 6) is 1.18. The van der Waals surface area contributed by atoms with Gasteiger partial charge in [-0.15, -0.1) is 10.2 Å². The molecule has 0 saturated carbocycles. The van der Waals surface area contributed by atoms with E-state index in [9.17, 15) is 4.79 Å². The van der Waals surface area contributed by atoms with Crippen LogP contribution in [0.2, 0.25) is 0 Å². The molecule has 1 fully saturated rings. The zero-order valence-corrected chi connectivity index (χ0v) is 19.3. The summed E-state index contributed by atoms with van der Waals surface area (Å²) < 4.78 is 7.65. The van der Waals surface area contributed by atoms with Gasteiger partial charge in [0.2, 0.25) is 11.9 Å². The third-order valence-corrected chi connectivity index (χ3v) is 6.38. The van der Waals surface area contributed by atoms with Gasteiger partial charge in [-0.1, -0.05) is 74.1 Å². The summed E-state index contributed by atoms with van der Waals surface area (Å²) in [6.45, 7) is 8.08. The number of amides is 1. The minimum atomic E-state index is -0.455. The van der Waals surface area contributed by atoms with Crippen LogP contribution in [0.15, 0.2) is 65.8 Å². The summed E-state index contributed by atoms with van der Waals surface area (Å²) in [5.41, 5.74) is 1.70. The molecule has 0 bridgehead atoms. The predicted octanol–water partition coefficient (Wildman–Crippen LogP) is 4.24. The molecular weight excluding hydrogens is 422 g/mol. The normalized spacial score (nSPS) is 15.0. The van der Waals surface area contributed by atoms with Crippen molar-refractivity contribution in [3.8, 4) is 0 Å². The SMILES string of the molecule is CC(C)Cn1c(SC(C(=O)Nc2ccccc2)c2ccccc2)nnc1N1CCOCC1. The van der Waals surface area contributed by atoms with Gasteiger partial charge in [-0.3, -0.25) is 9.36 Å². The fourth-order valence-electron chi connectivity index (χ4n) is 3.63. The van der Waals surface area contributed by atoms with E-state index in [4.69, 9.17) is 4.74 Å². The van der Waals surface area contributed by atoms with Gasteiger partial charge in [0.1, 0.15) is 5.25 Å². The number of carbonyl (C=O) groups excluding carboxylic acids is 1. The molecular formula is C24H29N5O2S. The molecule has 1 N–H and O–H groups in total. The van der Waals surface area contributed by atoms with Crippen molar-refractivity contribution in [3.63, 3.8) is 0 Å². The molecule has 7 nitrogen and oxygen atoms in total. The van der Waals surface area contributed by atoms with Gasteiger partial charge in [0.15, 0.2) is 5.16 Å². The van der Waals surface area contributed by atoms with Gasteiger partial charge in [0, 0.05) is 25.3 Å². The topological polar surface area (TPSA) is 72.3 Å². The van der Waals surface area contributed by atoms with Gasteiger partial charge in [-0.2, -0.15) is 0 Å². The van der Waals surface area contributed by atoms with Crippen LogP contribution in [0.4, 0.5) is 11.6 Å². The molecule has 32 heavy (non-hydrogen) atoms. The Morgan fingerprint density at radius 2 is 1.69 bits per heavy atom. The number of aromatic nitrogens is 3. The van der Waals surface area contributed by atoms with Crippen LogP contribution in [0.1, 0.15) is 24.7 Å². The predicted molar refractivity (Wildman–Crippen MR) is 128 cm³/mol. The number of thioether (sulfide) groups is 1. The van der Waals surface area contributed by atoms with E-state index in [1.807, 2.05) is 60.7 Å². The first-order chi connectivity index (χ1) is 15.6. The van der Waals surface area contributed by atoms with Gasteiger partial charge >= 0.3 is 0 Å². The first-order valence-corrected chi connectivity index (χ1v) is 11.8. The maximum absolute atomic E-state index is 13.3. The van der Waals surface area contributed by atoms with Crippen molar-refractivity contribution >= 4 is 29.3 Å². The van der Waals surface area contributed by atoms with Crippen LogP contribution in [-0.4, -0.2) is 47.0 Å². The Kier molecular flexibility index (Phi) is 7.44. The molecule has 1 amide bonds. The lowest BCUT2D eigenvalue weighted by atomic mass is 10.1. The van der Waals surface area contributed by atoms with Crippen molar-refractivity contribution in [2.45, 2.75) is 30.8 Å². The number of rotatable bonds is 8. The number of carbonyl (C=O) groups is 1. The second kappa shape index (κ2) is 10.7. The van der Waals surface area contributed by atoms with Gasteiger partial charge in [0.05, 0.1) is 13.2 Å². The molecule has 0 radical (unpaired) electrons. The van der Waals surface area contributed by atoms with E-state index in [1.165, 1.54) is 11.8 Å². The Balaban J connectivity index is 1.64. The number of morpholine rings is 1. The highest BCUT2D eigenvalue weighted by atomic mass is 32.2. The first kappa shape index (κ1) is 22.4. The summed E-state index contributed by atoms with van der Waals surface area (Å²) in [7, 11) is 0. The number of nitrogens with zero attached hydrogens (tertiary/aromatic N) is 4. The van der Waals surface area contributed by atoms with E-state index in [0.29, 0.717) is 19.1 Å². The lowest BCUT2D eigenvalue weighted by molar-refractivity contribution is -0.115. The molecule has 3 aromatic rings. The van der Waals surface area contributed by atoms with Crippen molar-refractivity contribution in [1.82, 2.24) is 14.8 Å². The second-order valence-corrected chi connectivity index (χ2v) is 9.22. The Labute approximate surface area is 193 Å². The lowest BCUT2D eigenvalue weighted by Crippen LogP contribution is -2.38. The quantitative estimate of drug-likeness (QED) is 0.517. The Bertz CT molecular complexity index is 1000. The lowest BCUT2D eigenvalue weighted by Gasteiger charge is -2.28. The van der Waals surface area contributed by atoms with Crippen LogP contribution in [0.5, 0.6) is 0 Å². The minimum absolute atomic E-state index is 0.0839. The number of para-hydroxylation sites is 1. The monoisotopic (exact) mass is 451 g/mol. The number of hydrogen-bond donors (Lipinski definition) is 1. The van der Waals surface area contributed by atoms with Crippen LogP contribution in [0, 0.1) is 5.92 Å². The Morgan fingerprint density at radius 1 is 1.03 bits per heavy atom. The number of nitrogens with one attached hydrogen (secondary N) is 1.